The molecule has 2 fully saturated rings. The summed E-state index contributed by atoms with van der Waals surface area (Å²) in [5, 5.41) is 5.15. The van der Waals surface area contributed by atoms with E-state index in [0.29, 0.717) is 46.9 Å². The second-order valence-corrected chi connectivity index (χ2v) is 11.5. The Labute approximate surface area is 219 Å². The second-order valence-electron chi connectivity index (χ2n) is 9.07. The van der Waals surface area contributed by atoms with Crippen molar-refractivity contribution in [3.8, 4) is 0 Å². The van der Waals surface area contributed by atoms with E-state index in [0.717, 1.165) is 18.4 Å². The molecule has 2 aliphatic rings. The summed E-state index contributed by atoms with van der Waals surface area (Å²) in [6.45, 7) is 3.60. The number of amidine groups is 1. The Balaban J connectivity index is 1.50. The summed E-state index contributed by atoms with van der Waals surface area (Å²) in [5.74, 6) is 0.671. The first kappa shape index (κ1) is 24.8. The van der Waals surface area contributed by atoms with Gasteiger partial charge in [-0.1, -0.05) is 47.0 Å². The highest BCUT2D eigenvalue weighted by Crippen LogP contribution is 2.46. The highest BCUT2D eigenvalue weighted by atomic mass is 35.5. The zero-order valence-electron chi connectivity index (χ0n) is 19.5. The number of nitrogens with zero attached hydrogens (tertiary/aromatic N) is 4. The molecule has 3 aromatic rings. The molecule has 0 bridgehead atoms. The molecule has 5 rings (SSSR count). The molecule has 0 radical (unpaired) electrons. The SMILES string of the molecule is Cc1ccc(S(=O)(=O)N/N=C(\c2c(Cl)cccc2Cl)N2CCN(c3ccc(F)cn3)CC23CC3)cc1. The van der Waals surface area contributed by atoms with E-state index in [-0.39, 0.29) is 16.3 Å². The Morgan fingerprint density at radius 1 is 1.06 bits per heavy atom. The van der Waals surface area contributed by atoms with E-state index in [1.807, 2.05) is 6.92 Å². The molecule has 1 saturated heterocycles. The number of aryl methyl sites for hydroxylation is 1. The predicted molar refractivity (Wildman–Crippen MR) is 140 cm³/mol. The van der Waals surface area contributed by atoms with Crippen LogP contribution >= 0.6 is 23.2 Å². The van der Waals surface area contributed by atoms with Crippen LogP contribution in [0.15, 0.2) is 70.8 Å². The van der Waals surface area contributed by atoms with Crippen molar-refractivity contribution in [3.05, 3.63) is 87.8 Å². The summed E-state index contributed by atoms with van der Waals surface area (Å²) < 4.78 is 39.4. The molecule has 1 saturated carbocycles. The maximum absolute atomic E-state index is 13.4. The minimum absolute atomic E-state index is 0.106. The number of sulfonamides is 1. The van der Waals surface area contributed by atoms with Crippen molar-refractivity contribution in [2.75, 3.05) is 24.5 Å². The van der Waals surface area contributed by atoms with E-state index in [1.165, 1.54) is 24.4 Å². The molecule has 7 nitrogen and oxygen atoms in total. The molecule has 1 aliphatic heterocycles. The van der Waals surface area contributed by atoms with Gasteiger partial charge >= 0.3 is 0 Å². The fraction of sp³-hybridized carbons (Fsp3) is 0.280. The van der Waals surface area contributed by atoms with Gasteiger partial charge in [-0.05, 0) is 56.2 Å². The largest absolute Gasteiger partial charge is 0.352 e. The van der Waals surface area contributed by atoms with Gasteiger partial charge in [-0.15, -0.1) is 5.10 Å². The third kappa shape index (κ3) is 4.87. The van der Waals surface area contributed by atoms with Gasteiger partial charge in [0, 0.05) is 19.6 Å². The van der Waals surface area contributed by atoms with Crippen LogP contribution in [0.5, 0.6) is 0 Å². The summed E-state index contributed by atoms with van der Waals surface area (Å²) in [7, 11) is -3.93. The standard InChI is InChI=1S/C25H24Cl2FN5O2S/c1-17-5-8-19(9-6-17)36(34,35)31-30-24(23-20(26)3-2-4-21(23)27)33-14-13-32(16-25(33)11-12-25)22-10-7-18(28)15-29-22/h2-10,15,31H,11-14,16H2,1H3/b30-24+. The van der Waals surface area contributed by atoms with Crippen LogP contribution in [0.4, 0.5) is 10.2 Å². The van der Waals surface area contributed by atoms with Crippen LogP contribution in [0.3, 0.4) is 0 Å². The van der Waals surface area contributed by atoms with Crippen LogP contribution < -0.4 is 9.73 Å². The fourth-order valence-electron chi connectivity index (χ4n) is 4.47. The first-order valence-electron chi connectivity index (χ1n) is 11.4. The quantitative estimate of drug-likeness (QED) is 0.281. The number of pyridine rings is 1. The molecular formula is C25H24Cl2FN5O2S. The van der Waals surface area contributed by atoms with E-state index in [2.05, 4.69) is 24.7 Å². The van der Waals surface area contributed by atoms with Gasteiger partial charge in [0.1, 0.15) is 11.6 Å². The van der Waals surface area contributed by atoms with E-state index >= 15 is 0 Å². The number of benzene rings is 2. The van der Waals surface area contributed by atoms with Crippen LogP contribution in [-0.2, 0) is 10.0 Å². The minimum Gasteiger partial charge on any atom is -0.352 e. The Morgan fingerprint density at radius 3 is 2.36 bits per heavy atom. The van der Waals surface area contributed by atoms with Gasteiger partial charge in [-0.25, -0.2) is 9.37 Å². The highest BCUT2D eigenvalue weighted by Gasteiger charge is 2.53. The van der Waals surface area contributed by atoms with Crippen molar-refractivity contribution in [2.45, 2.75) is 30.2 Å². The Bertz CT molecular complexity index is 1390. The zero-order valence-corrected chi connectivity index (χ0v) is 21.8. The first-order valence-corrected chi connectivity index (χ1v) is 13.7. The molecule has 1 aromatic heterocycles. The summed E-state index contributed by atoms with van der Waals surface area (Å²) in [4.78, 5) is 10.9. The molecule has 1 spiro atoms. The van der Waals surface area contributed by atoms with E-state index in [4.69, 9.17) is 23.2 Å². The second kappa shape index (κ2) is 9.53. The highest BCUT2D eigenvalue weighted by molar-refractivity contribution is 7.89. The van der Waals surface area contributed by atoms with Gasteiger partial charge in [0.2, 0.25) is 0 Å². The molecular weight excluding hydrogens is 524 g/mol. The molecule has 0 unspecified atom stereocenters. The molecule has 11 heteroatoms. The van der Waals surface area contributed by atoms with Crippen LogP contribution in [0.25, 0.3) is 0 Å². The average Bonchev–Trinajstić information content (AvgIpc) is 3.61. The zero-order chi connectivity index (χ0) is 25.5. The number of nitrogens with one attached hydrogen (secondary N) is 1. The van der Waals surface area contributed by atoms with Crippen LogP contribution in [0, 0.1) is 12.7 Å². The summed E-state index contributed by atoms with van der Waals surface area (Å²) >= 11 is 13.1. The van der Waals surface area contributed by atoms with Gasteiger partial charge in [0.15, 0.2) is 5.84 Å². The summed E-state index contributed by atoms with van der Waals surface area (Å²) in [6, 6.07) is 14.7. The van der Waals surface area contributed by atoms with Crippen LogP contribution in [0.2, 0.25) is 10.0 Å². The fourth-order valence-corrected chi connectivity index (χ4v) is 5.84. The lowest BCUT2D eigenvalue weighted by Crippen LogP contribution is -2.58. The predicted octanol–water partition coefficient (Wildman–Crippen LogP) is 4.83. The number of halogens is 3. The van der Waals surface area contributed by atoms with Crippen LogP contribution in [-0.4, -0.2) is 49.3 Å². The normalized spacial score (nSPS) is 17.4. The lowest BCUT2D eigenvalue weighted by Gasteiger charge is -2.44. The smallest absolute Gasteiger partial charge is 0.276 e. The maximum Gasteiger partial charge on any atom is 0.276 e. The van der Waals surface area contributed by atoms with E-state index < -0.39 is 10.0 Å². The number of piperazine rings is 1. The Hall–Kier alpha value is -2.88. The number of aromatic nitrogens is 1. The van der Waals surface area contributed by atoms with Gasteiger partial charge < -0.3 is 9.80 Å². The average molecular weight is 548 g/mol. The van der Waals surface area contributed by atoms with Gasteiger partial charge in [-0.3, -0.25) is 0 Å². The van der Waals surface area contributed by atoms with Gasteiger partial charge in [0.25, 0.3) is 10.0 Å². The maximum atomic E-state index is 13.4. The van der Waals surface area contributed by atoms with Crippen molar-refractivity contribution < 1.29 is 12.8 Å². The van der Waals surface area contributed by atoms with Crippen molar-refractivity contribution in [2.24, 2.45) is 5.10 Å². The molecule has 2 heterocycles. The lowest BCUT2D eigenvalue weighted by molar-refractivity contribution is 0.259. The number of rotatable bonds is 5. The van der Waals surface area contributed by atoms with E-state index in [9.17, 15) is 12.8 Å². The lowest BCUT2D eigenvalue weighted by atomic mass is 10.1. The van der Waals surface area contributed by atoms with Crippen LogP contribution in [0.1, 0.15) is 24.0 Å². The number of hydrogen-bond acceptors (Lipinski definition) is 5. The molecule has 0 amide bonds. The van der Waals surface area contributed by atoms with Crippen molar-refractivity contribution in [1.29, 1.82) is 0 Å². The summed E-state index contributed by atoms with van der Waals surface area (Å²) in [5.41, 5.74) is 1.11. The first-order chi connectivity index (χ1) is 17.2. The molecule has 2 aromatic carbocycles. The minimum atomic E-state index is -3.93. The third-order valence-corrected chi connectivity index (χ3v) is 8.41. The Morgan fingerprint density at radius 2 is 1.75 bits per heavy atom. The van der Waals surface area contributed by atoms with Crippen molar-refractivity contribution in [3.63, 3.8) is 0 Å². The number of hydrazone groups is 1. The molecule has 1 aliphatic carbocycles. The van der Waals surface area contributed by atoms with Crippen molar-refractivity contribution >= 4 is 44.9 Å². The topological polar surface area (TPSA) is 77.9 Å². The number of hydrogen-bond donors (Lipinski definition) is 1. The molecule has 1 N–H and O–H groups in total. The van der Waals surface area contributed by atoms with E-state index in [1.54, 1.807) is 36.4 Å². The third-order valence-electron chi connectivity index (χ3n) is 6.56. The molecule has 0 atom stereocenters. The molecule has 36 heavy (non-hydrogen) atoms. The van der Waals surface area contributed by atoms with Gasteiger partial charge in [-0.2, -0.15) is 13.2 Å². The summed E-state index contributed by atoms with van der Waals surface area (Å²) in [6.07, 6.45) is 2.95. The number of anilines is 1. The Kier molecular flexibility index (Phi) is 6.57. The van der Waals surface area contributed by atoms with Crippen molar-refractivity contribution in [1.82, 2.24) is 14.7 Å². The molecule has 188 valence electrons. The van der Waals surface area contributed by atoms with Gasteiger partial charge in [0.05, 0.1) is 32.2 Å². The monoisotopic (exact) mass is 547 g/mol.